The van der Waals surface area contributed by atoms with Crippen LogP contribution in [0.5, 0.6) is 0 Å². The number of carboxylic acid groups (broad SMARTS) is 1. The Kier molecular flexibility index (Phi) is 3.38. The lowest BCUT2D eigenvalue weighted by Crippen LogP contribution is -2.34. The summed E-state index contributed by atoms with van der Waals surface area (Å²) in [6.45, 7) is 0. The number of thiocarbonyl (C=S) groups is 1. The van der Waals surface area contributed by atoms with Gasteiger partial charge in [-0.3, -0.25) is 0 Å². The summed E-state index contributed by atoms with van der Waals surface area (Å²) < 4.78 is 0. The van der Waals surface area contributed by atoms with Crippen LogP contribution in [0.4, 0.5) is 5.69 Å². The summed E-state index contributed by atoms with van der Waals surface area (Å²) in [5.74, 6) is 4.02. The van der Waals surface area contributed by atoms with Crippen molar-refractivity contribution in [3.05, 3.63) is 29.8 Å². The van der Waals surface area contributed by atoms with E-state index in [0.717, 1.165) is 0 Å². The molecule has 0 atom stereocenters. The monoisotopic (exact) mass is 211 g/mol. The SMILES string of the molecule is NNC(=S)Nc1ccccc1C(=O)O. The normalized spacial score (nSPS) is 9.21. The molecule has 0 aliphatic rings. The van der Waals surface area contributed by atoms with Crippen LogP contribution in [0.15, 0.2) is 24.3 Å². The van der Waals surface area contributed by atoms with Crippen molar-refractivity contribution < 1.29 is 9.90 Å². The van der Waals surface area contributed by atoms with Gasteiger partial charge in [0.1, 0.15) is 0 Å². The van der Waals surface area contributed by atoms with Gasteiger partial charge in [0.2, 0.25) is 0 Å². The fourth-order valence-corrected chi connectivity index (χ4v) is 1.05. The fourth-order valence-electron chi connectivity index (χ4n) is 0.937. The number of carbonyl (C=O) groups is 1. The quantitative estimate of drug-likeness (QED) is 0.324. The highest BCUT2D eigenvalue weighted by Gasteiger charge is 2.08. The number of hydrogen-bond acceptors (Lipinski definition) is 3. The molecule has 6 heteroatoms. The molecule has 0 bridgehead atoms. The zero-order valence-corrected chi connectivity index (χ0v) is 7.97. The van der Waals surface area contributed by atoms with E-state index in [0.29, 0.717) is 5.69 Å². The molecule has 14 heavy (non-hydrogen) atoms. The summed E-state index contributed by atoms with van der Waals surface area (Å²) in [4.78, 5) is 10.8. The highest BCUT2D eigenvalue weighted by atomic mass is 32.1. The summed E-state index contributed by atoms with van der Waals surface area (Å²) in [6.07, 6.45) is 0. The Balaban J connectivity index is 2.95. The first kappa shape index (κ1) is 10.4. The number of hydrazine groups is 1. The van der Waals surface area contributed by atoms with Crippen LogP contribution in [0.1, 0.15) is 10.4 Å². The lowest BCUT2D eigenvalue weighted by atomic mass is 10.2. The molecule has 0 saturated heterocycles. The summed E-state index contributed by atoms with van der Waals surface area (Å²) in [6, 6.07) is 6.42. The van der Waals surface area contributed by atoms with Gasteiger partial charge in [0, 0.05) is 0 Å². The van der Waals surface area contributed by atoms with Gasteiger partial charge in [-0.2, -0.15) is 0 Å². The number of aromatic carboxylic acids is 1. The lowest BCUT2D eigenvalue weighted by Gasteiger charge is -2.08. The van der Waals surface area contributed by atoms with Crippen LogP contribution < -0.4 is 16.6 Å². The van der Waals surface area contributed by atoms with E-state index in [-0.39, 0.29) is 10.7 Å². The Morgan fingerprint density at radius 3 is 2.64 bits per heavy atom. The number of rotatable bonds is 2. The molecule has 0 saturated carbocycles. The first-order chi connectivity index (χ1) is 6.65. The van der Waals surface area contributed by atoms with Crippen molar-refractivity contribution in [3.63, 3.8) is 0 Å². The molecule has 74 valence electrons. The van der Waals surface area contributed by atoms with Crippen molar-refractivity contribution in [3.8, 4) is 0 Å². The van der Waals surface area contributed by atoms with E-state index >= 15 is 0 Å². The van der Waals surface area contributed by atoms with Crippen LogP contribution >= 0.6 is 12.2 Å². The summed E-state index contributed by atoms with van der Waals surface area (Å²) in [5, 5.41) is 11.6. The van der Waals surface area contributed by atoms with Crippen LogP contribution in [0.2, 0.25) is 0 Å². The number of benzene rings is 1. The molecule has 0 aliphatic carbocycles. The van der Waals surface area contributed by atoms with Crippen LogP contribution in [0.3, 0.4) is 0 Å². The van der Waals surface area contributed by atoms with Gasteiger partial charge in [-0.05, 0) is 24.4 Å². The first-order valence-electron chi connectivity index (χ1n) is 3.75. The van der Waals surface area contributed by atoms with Gasteiger partial charge >= 0.3 is 5.97 Å². The molecule has 5 nitrogen and oxygen atoms in total. The van der Waals surface area contributed by atoms with E-state index in [9.17, 15) is 4.79 Å². The molecule has 1 aromatic rings. The van der Waals surface area contributed by atoms with Gasteiger partial charge in [0.15, 0.2) is 5.11 Å². The molecule has 5 N–H and O–H groups in total. The van der Waals surface area contributed by atoms with Gasteiger partial charge in [0.05, 0.1) is 11.3 Å². The molecule has 0 fully saturated rings. The molecule has 1 aromatic carbocycles. The van der Waals surface area contributed by atoms with Crippen LogP contribution in [0.25, 0.3) is 0 Å². The van der Waals surface area contributed by atoms with E-state index in [1.54, 1.807) is 18.2 Å². The minimum atomic E-state index is -1.02. The highest BCUT2D eigenvalue weighted by molar-refractivity contribution is 7.80. The molecule has 0 aromatic heterocycles. The average molecular weight is 211 g/mol. The number of carboxylic acids is 1. The van der Waals surface area contributed by atoms with Gasteiger partial charge in [-0.25, -0.2) is 10.6 Å². The maximum atomic E-state index is 10.8. The van der Waals surface area contributed by atoms with Crippen LogP contribution in [-0.2, 0) is 0 Å². The molecule has 0 radical (unpaired) electrons. The van der Waals surface area contributed by atoms with Crippen molar-refractivity contribution >= 4 is 29.0 Å². The topological polar surface area (TPSA) is 87.4 Å². The van der Waals surface area contributed by atoms with Crippen molar-refractivity contribution in [1.82, 2.24) is 5.43 Å². The number of anilines is 1. The standard InChI is InChI=1S/C8H9N3O2S/c9-11-8(14)10-6-4-2-1-3-5(6)7(12)13/h1-4H,9H2,(H,12,13)(H2,10,11,14). The van der Waals surface area contributed by atoms with Crippen molar-refractivity contribution in [2.24, 2.45) is 5.84 Å². The number of nitrogens with two attached hydrogens (primary N) is 1. The third-order valence-electron chi connectivity index (χ3n) is 1.54. The summed E-state index contributed by atoms with van der Waals surface area (Å²) in [7, 11) is 0. The largest absolute Gasteiger partial charge is 0.478 e. The maximum Gasteiger partial charge on any atom is 0.337 e. The van der Waals surface area contributed by atoms with E-state index in [1.807, 2.05) is 0 Å². The van der Waals surface area contributed by atoms with Gasteiger partial charge in [-0.15, -0.1) is 0 Å². The Bertz CT molecular complexity index is 367. The highest BCUT2D eigenvalue weighted by Crippen LogP contribution is 2.14. The van der Waals surface area contributed by atoms with E-state index in [2.05, 4.69) is 10.7 Å². The van der Waals surface area contributed by atoms with Gasteiger partial charge in [0.25, 0.3) is 0 Å². The second-order valence-corrected chi connectivity index (χ2v) is 2.86. The lowest BCUT2D eigenvalue weighted by molar-refractivity contribution is 0.0698. The summed E-state index contributed by atoms with van der Waals surface area (Å²) in [5.41, 5.74) is 2.76. The third kappa shape index (κ3) is 2.41. The summed E-state index contributed by atoms with van der Waals surface area (Å²) >= 11 is 4.74. The second kappa shape index (κ2) is 4.54. The third-order valence-corrected chi connectivity index (χ3v) is 1.76. The Morgan fingerprint density at radius 1 is 1.43 bits per heavy atom. The van der Waals surface area contributed by atoms with E-state index in [1.165, 1.54) is 6.07 Å². The Hall–Kier alpha value is -1.66. The number of para-hydroxylation sites is 1. The van der Waals surface area contributed by atoms with Crippen molar-refractivity contribution in [2.45, 2.75) is 0 Å². The van der Waals surface area contributed by atoms with Crippen LogP contribution in [0, 0.1) is 0 Å². The predicted molar refractivity (Wildman–Crippen MR) is 56.9 cm³/mol. The molecule has 0 heterocycles. The van der Waals surface area contributed by atoms with E-state index < -0.39 is 5.97 Å². The number of hydrogen-bond donors (Lipinski definition) is 4. The molecule has 0 unspecified atom stereocenters. The fraction of sp³-hybridized carbons (Fsp3) is 0. The molecule has 0 spiro atoms. The number of nitrogens with one attached hydrogen (secondary N) is 2. The minimum absolute atomic E-state index is 0.144. The maximum absolute atomic E-state index is 10.8. The zero-order valence-electron chi connectivity index (χ0n) is 7.15. The molecule has 1 rings (SSSR count). The molecule has 0 aliphatic heterocycles. The van der Waals surface area contributed by atoms with Crippen molar-refractivity contribution in [2.75, 3.05) is 5.32 Å². The molecule has 0 amide bonds. The van der Waals surface area contributed by atoms with E-state index in [4.69, 9.17) is 23.2 Å². The van der Waals surface area contributed by atoms with Crippen molar-refractivity contribution in [1.29, 1.82) is 0 Å². The minimum Gasteiger partial charge on any atom is -0.478 e. The van der Waals surface area contributed by atoms with Crippen LogP contribution in [-0.4, -0.2) is 16.2 Å². The molecular formula is C8H9N3O2S. The van der Waals surface area contributed by atoms with Gasteiger partial charge in [-0.1, -0.05) is 12.1 Å². The average Bonchev–Trinajstić information content (AvgIpc) is 2.18. The second-order valence-electron chi connectivity index (χ2n) is 2.45. The zero-order chi connectivity index (χ0) is 10.6. The predicted octanol–water partition coefficient (Wildman–Crippen LogP) is 0.545. The molecular weight excluding hydrogens is 202 g/mol. The smallest absolute Gasteiger partial charge is 0.337 e. The van der Waals surface area contributed by atoms with Gasteiger partial charge < -0.3 is 15.8 Å². The Morgan fingerprint density at radius 2 is 2.07 bits per heavy atom. The Labute approximate surface area is 85.9 Å². The first-order valence-corrected chi connectivity index (χ1v) is 4.16.